The average molecular weight is 218 g/mol. The van der Waals surface area contributed by atoms with Crippen LogP contribution in [0, 0.1) is 5.41 Å². The Kier molecular flexibility index (Phi) is 4.29. The van der Waals surface area contributed by atoms with Crippen molar-refractivity contribution in [3.05, 3.63) is 48.6 Å². The molecule has 0 aliphatic carbocycles. The van der Waals surface area contributed by atoms with Gasteiger partial charge in [0.25, 0.3) is 0 Å². The highest BCUT2D eigenvalue weighted by molar-refractivity contribution is 5.89. The Bertz CT molecular complexity index is 352. The maximum Gasteiger partial charge on any atom is 0.338 e. The van der Waals surface area contributed by atoms with Gasteiger partial charge in [-0.15, -0.1) is 6.58 Å². The zero-order valence-electron chi connectivity index (χ0n) is 9.90. The summed E-state index contributed by atoms with van der Waals surface area (Å²) in [6, 6.07) is 9.02. The molecule has 86 valence electrons. The molecule has 0 radical (unpaired) electrons. The van der Waals surface area contributed by atoms with Gasteiger partial charge in [-0.3, -0.25) is 0 Å². The third-order valence-electron chi connectivity index (χ3n) is 2.54. The molecule has 0 unspecified atom stereocenters. The number of carbonyl (C=O) groups excluding carboxylic acids is 1. The molecule has 1 rings (SSSR count). The molecule has 0 saturated heterocycles. The lowest BCUT2D eigenvalue weighted by atomic mass is 9.90. The molecule has 1 aromatic rings. The first-order valence-electron chi connectivity index (χ1n) is 5.41. The van der Waals surface area contributed by atoms with Crippen LogP contribution in [0.25, 0.3) is 0 Å². The fraction of sp³-hybridized carbons (Fsp3) is 0.357. The van der Waals surface area contributed by atoms with Crippen LogP contribution in [0.1, 0.15) is 30.6 Å². The third kappa shape index (κ3) is 3.89. The molecule has 0 aromatic heterocycles. The molecule has 0 N–H and O–H groups in total. The molecule has 0 atom stereocenters. The van der Waals surface area contributed by atoms with Crippen LogP contribution in [0.15, 0.2) is 43.0 Å². The van der Waals surface area contributed by atoms with Crippen molar-refractivity contribution in [2.24, 2.45) is 5.41 Å². The first-order chi connectivity index (χ1) is 7.55. The van der Waals surface area contributed by atoms with Gasteiger partial charge in [0.1, 0.15) is 0 Å². The van der Waals surface area contributed by atoms with Crippen LogP contribution in [-0.4, -0.2) is 12.6 Å². The van der Waals surface area contributed by atoms with E-state index < -0.39 is 0 Å². The van der Waals surface area contributed by atoms with Gasteiger partial charge in [-0.25, -0.2) is 4.79 Å². The highest BCUT2D eigenvalue weighted by Gasteiger charge is 2.14. The summed E-state index contributed by atoms with van der Waals surface area (Å²) < 4.78 is 5.18. The molecule has 0 heterocycles. The number of benzene rings is 1. The lowest BCUT2D eigenvalue weighted by Gasteiger charge is -2.18. The van der Waals surface area contributed by atoms with E-state index in [-0.39, 0.29) is 11.4 Å². The monoisotopic (exact) mass is 218 g/mol. The lowest BCUT2D eigenvalue weighted by Crippen LogP contribution is -2.14. The standard InChI is InChI=1S/C14H18O2/c1-4-14(2,3)10-11-16-13(15)12-8-6-5-7-9-12/h4-9H,1,10-11H2,2-3H3. The maximum absolute atomic E-state index is 11.6. The van der Waals surface area contributed by atoms with Crippen molar-refractivity contribution in [2.75, 3.05) is 6.61 Å². The quantitative estimate of drug-likeness (QED) is 0.559. The summed E-state index contributed by atoms with van der Waals surface area (Å²) in [5.41, 5.74) is 0.607. The van der Waals surface area contributed by atoms with Gasteiger partial charge in [0, 0.05) is 0 Å². The summed E-state index contributed by atoms with van der Waals surface area (Å²) in [7, 11) is 0. The highest BCUT2D eigenvalue weighted by atomic mass is 16.5. The van der Waals surface area contributed by atoms with Crippen molar-refractivity contribution < 1.29 is 9.53 Å². The van der Waals surface area contributed by atoms with Gasteiger partial charge in [0.05, 0.1) is 12.2 Å². The number of ether oxygens (including phenoxy) is 1. The lowest BCUT2D eigenvalue weighted by molar-refractivity contribution is 0.0473. The van der Waals surface area contributed by atoms with Gasteiger partial charge in [-0.1, -0.05) is 38.1 Å². The summed E-state index contributed by atoms with van der Waals surface area (Å²) in [5, 5.41) is 0. The van der Waals surface area contributed by atoms with E-state index >= 15 is 0 Å². The molecule has 16 heavy (non-hydrogen) atoms. The number of esters is 1. The van der Waals surface area contributed by atoms with E-state index in [4.69, 9.17) is 4.74 Å². The summed E-state index contributed by atoms with van der Waals surface area (Å²) in [6.45, 7) is 8.30. The smallest absolute Gasteiger partial charge is 0.338 e. The summed E-state index contributed by atoms with van der Waals surface area (Å²) in [6.07, 6.45) is 2.67. The van der Waals surface area contributed by atoms with Gasteiger partial charge >= 0.3 is 5.97 Å². The summed E-state index contributed by atoms with van der Waals surface area (Å²) in [5.74, 6) is -0.263. The van der Waals surface area contributed by atoms with Crippen LogP contribution in [0.4, 0.5) is 0 Å². The van der Waals surface area contributed by atoms with E-state index in [1.54, 1.807) is 12.1 Å². The van der Waals surface area contributed by atoms with Crippen LogP contribution in [0.3, 0.4) is 0 Å². The van der Waals surface area contributed by atoms with Gasteiger partial charge in [0.15, 0.2) is 0 Å². The topological polar surface area (TPSA) is 26.3 Å². The minimum absolute atomic E-state index is 0.0109. The first kappa shape index (κ1) is 12.5. The molecule has 1 aromatic carbocycles. The van der Waals surface area contributed by atoms with Gasteiger partial charge in [-0.05, 0) is 24.0 Å². The molecule has 0 aliphatic rings. The van der Waals surface area contributed by atoms with E-state index in [1.165, 1.54) is 0 Å². The van der Waals surface area contributed by atoms with E-state index in [0.717, 1.165) is 6.42 Å². The second-order valence-corrected chi connectivity index (χ2v) is 4.44. The van der Waals surface area contributed by atoms with Gasteiger partial charge in [-0.2, -0.15) is 0 Å². The number of allylic oxidation sites excluding steroid dienone is 1. The Morgan fingerprint density at radius 2 is 2.00 bits per heavy atom. The van der Waals surface area contributed by atoms with Crippen molar-refractivity contribution >= 4 is 5.97 Å². The van der Waals surface area contributed by atoms with Gasteiger partial charge < -0.3 is 4.74 Å². The second-order valence-electron chi connectivity index (χ2n) is 4.44. The fourth-order valence-corrected chi connectivity index (χ4v) is 1.17. The number of carbonyl (C=O) groups is 1. The molecule has 0 aliphatic heterocycles. The second kappa shape index (κ2) is 5.50. The summed E-state index contributed by atoms with van der Waals surface area (Å²) >= 11 is 0. The minimum Gasteiger partial charge on any atom is -0.462 e. The van der Waals surface area contributed by atoms with Gasteiger partial charge in [0.2, 0.25) is 0 Å². The zero-order valence-corrected chi connectivity index (χ0v) is 9.90. The number of hydrogen-bond acceptors (Lipinski definition) is 2. The Hall–Kier alpha value is -1.57. The van der Waals surface area contributed by atoms with Crippen LogP contribution in [0.2, 0.25) is 0 Å². The van der Waals surface area contributed by atoms with Crippen LogP contribution in [-0.2, 0) is 4.74 Å². The van der Waals surface area contributed by atoms with Crippen LogP contribution >= 0.6 is 0 Å². The van der Waals surface area contributed by atoms with Crippen molar-refractivity contribution in [3.8, 4) is 0 Å². The molecule has 0 amide bonds. The van der Waals surface area contributed by atoms with Crippen LogP contribution in [0.5, 0.6) is 0 Å². The molecule has 2 heteroatoms. The first-order valence-corrected chi connectivity index (χ1v) is 5.41. The Labute approximate surface area is 96.9 Å². The van der Waals surface area contributed by atoms with E-state index in [0.29, 0.717) is 12.2 Å². The SMILES string of the molecule is C=CC(C)(C)CCOC(=O)c1ccccc1. The minimum atomic E-state index is -0.263. The van der Waals surface area contributed by atoms with E-state index in [2.05, 4.69) is 20.4 Å². The molecule has 0 saturated carbocycles. The zero-order chi connectivity index (χ0) is 12.0. The highest BCUT2D eigenvalue weighted by Crippen LogP contribution is 2.21. The molecular formula is C14H18O2. The number of hydrogen-bond donors (Lipinski definition) is 0. The van der Waals surface area contributed by atoms with E-state index in [9.17, 15) is 4.79 Å². The predicted molar refractivity (Wildman–Crippen MR) is 65.3 cm³/mol. The Morgan fingerprint density at radius 3 is 2.56 bits per heavy atom. The predicted octanol–water partition coefficient (Wildman–Crippen LogP) is 3.45. The van der Waals surface area contributed by atoms with Crippen molar-refractivity contribution in [1.29, 1.82) is 0 Å². The fourth-order valence-electron chi connectivity index (χ4n) is 1.17. The molecule has 0 bridgehead atoms. The van der Waals surface area contributed by atoms with Crippen molar-refractivity contribution in [1.82, 2.24) is 0 Å². The molecule has 2 nitrogen and oxygen atoms in total. The molecular weight excluding hydrogens is 200 g/mol. The van der Waals surface area contributed by atoms with Crippen molar-refractivity contribution in [3.63, 3.8) is 0 Å². The van der Waals surface area contributed by atoms with E-state index in [1.807, 2.05) is 24.3 Å². The Balaban J connectivity index is 2.40. The number of rotatable bonds is 5. The largest absolute Gasteiger partial charge is 0.462 e. The maximum atomic E-state index is 11.6. The average Bonchev–Trinajstić information content (AvgIpc) is 2.30. The normalized spacial score (nSPS) is 10.9. The third-order valence-corrected chi connectivity index (χ3v) is 2.54. The summed E-state index contributed by atoms with van der Waals surface area (Å²) in [4.78, 5) is 11.6. The van der Waals surface area contributed by atoms with Crippen LogP contribution < -0.4 is 0 Å². The Morgan fingerprint density at radius 1 is 1.38 bits per heavy atom. The molecule has 0 spiro atoms. The molecule has 0 fully saturated rings. The van der Waals surface area contributed by atoms with Crippen molar-refractivity contribution in [2.45, 2.75) is 20.3 Å².